The van der Waals surface area contributed by atoms with Gasteiger partial charge in [0.2, 0.25) is 0 Å². The number of hydrogen-bond donors (Lipinski definition) is 0. The number of ether oxygens (including phenoxy) is 1. The van der Waals surface area contributed by atoms with Crippen LogP contribution in [0.15, 0.2) is 0 Å². The number of carbonyl (C=O) groups is 2. The summed E-state index contributed by atoms with van der Waals surface area (Å²) < 4.78 is 5.26. The van der Waals surface area contributed by atoms with Crippen molar-refractivity contribution >= 4 is 11.9 Å². The van der Waals surface area contributed by atoms with Crippen LogP contribution in [0.4, 0.5) is 4.79 Å². The van der Waals surface area contributed by atoms with Crippen molar-refractivity contribution in [1.29, 1.82) is 0 Å². The van der Waals surface area contributed by atoms with Crippen LogP contribution in [0.5, 0.6) is 0 Å². The van der Waals surface area contributed by atoms with Gasteiger partial charge < -0.3 is 9.64 Å². The van der Waals surface area contributed by atoms with E-state index in [0.717, 1.165) is 6.42 Å². The first-order valence-corrected chi connectivity index (χ1v) is 5.38. The molecule has 0 radical (unpaired) electrons. The van der Waals surface area contributed by atoms with Crippen LogP contribution in [0.3, 0.4) is 0 Å². The standard InChI is InChI=1S/C11H17NO3/c1-11(2,3)15-10(14)12-5-7-4-8(6-12)9(7)13/h7-8H,4-6H2,1-3H3/t7-,8-/m0/s1. The molecule has 2 aliphatic heterocycles. The molecule has 3 rings (SSSR count). The first kappa shape index (κ1) is 10.5. The second-order valence-corrected chi connectivity index (χ2v) is 5.42. The number of fused-ring (bicyclic) bond motifs is 2. The molecule has 0 spiro atoms. The summed E-state index contributed by atoms with van der Waals surface area (Å²) in [4.78, 5) is 24.7. The molecule has 3 fully saturated rings. The van der Waals surface area contributed by atoms with E-state index in [0.29, 0.717) is 18.9 Å². The van der Waals surface area contributed by atoms with Crippen LogP contribution < -0.4 is 0 Å². The van der Waals surface area contributed by atoms with Crippen molar-refractivity contribution in [3.63, 3.8) is 0 Å². The van der Waals surface area contributed by atoms with Crippen molar-refractivity contribution < 1.29 is 14.3 Å². The predicted molar refractivity (Wildman–Crippen MR) is 54.4 cm³/mol. The van der Waals surface area contributed by atoms with Crippen molar-refractivity contribution in [2.24, 2.45) is 11.8 Å². The smallest absolute Gasteiger partial charge is 0.410 e. The number of rotatable bonds is 0. The number of amides is 1. The van der Waals surface area contributed by atoms with Gasteiger partial charge in [0, 0.05) is 24.9 Å². The van der Waals surface area contributed by atoms with Crippen LogP contribution in [0, 0.1) is 11.8 Å². The lowest BCUT2D eigenvalue weighted by atomic mass is 9.70. The summed E-state index contributed by atoms with van der Waals surface area (Å²) in [5, 5.41) is 0. The Morgan fingerprint density at radius 2 is 1.87 bits per heavy atom. The zero-order chi connectivity index (χ0) is 11.2. The lowest BCUT2D eigenvalue weighted by Crippen LogP contribution is -2.57. The van der Waals surface area contributed by atoms with Crippen molar-refractivity contribution in [3.05, 3.63) is 0 Å². The highest BCUT2D eigenvalue weighted by Gasteiger charge is 2.47. The van der Waals surface area contributed by atoms with Crippen molar-refractivity contribution in [1.82, 2.24) is 4.90 Å². The topological polar surface area (TPSA) is 46.6 Å². The summed E-state index contributed by atoms with van der Waals surface area (Å²) in [7, 11) is 0. The molecular weight excluding hydrogens is 194 g/mol. The maximum Gasteiger partial charge on any atom is 0.410 e. The average Bonchev–Trinajstić information content (AvgIpc) is 2.14. The third-order valence-electron chi connectivity index (χ3n) is 2.91. The highest BCUT2D eigenvalue weighted by molar-refractivity contribution is 5.91. The van der Waals surface area contributed by atoms with E-state index >= 15 is 0 Å². The van der Waals surface area contributed by atoms with Gasteiger partial charge in [-0.25, -0.2) is 4.79 Å². The van der Waals surface area contributed by atoms with Crippen LogP contribution in [-0.4, -0.2) is 35.5 Å². The van der Waals surface area contributed by atoms with Gasteiger partial charge >= 0.3 is 6.09 Å². The number of carbonyl (C=O) groups excluding carboxylic acids is 2. The molecule has 15 heavy (non-hydrogen) atoms. The summed E-state index contributed by atoms with van der Waals surface area (Å²) in [6.07, 6.45) is 0.669. The van der Waals surface area contributed by atoms with E-state index in [1.165, 1.54) is 0 Å². The molecular formula is C11H17NO3. The van der Waals surface area contributed by atoms with Gasteiger partial charge in [0.25, 0.3) is 0 Å². The predicted octanol–water partition coefficient (Wildman–Crippen LogP) is 1.44. The van der Waals surface area contributed by atoms with Crippen LogP contribution in [-0.2, 0) is 9.53 Å². The van der Waals surface area contributed by atoms with Crippen molar-refractivity contribution in [3.8, 4) is 0 Å². The Balaban J connectivity index is 1.91. The molecule has 4 heteroatoms. The number of nitrogens with zero attached hydrogens (tertiary/aromatic N) is 1. The zero-order valence-corrected chi connectivity index (χ0v) is 9.45. The number of ketones is 1. The minimum Gasteiger partial charge on any atom is -0.444 e. The molecule has 2 bridgehead atoms. The normalized spacial score (nSPS) is 29.8. The lowest BCUT2D eigenvalue weighted by Gasteiger charge is -2.45. The zero-order valence-electron chi connectivity index (χ0n) is 9.45. The molecule has 0 aromatic rings. The molecule has 2 saturated heterocycles. The van der Waals surface area contributed by atoms with E-state index in [-0.39, 0.29) is 17.9 Å². The third-order valence-corrected chi connectivity index (χ3v) is 2.91. The molecule has 0 aromatic carbocycles. The molecule has 84 valence electrons. The number of piperidine rings is 2. The monoisotopic (exact) mass is 211 g/mol. The number of hydrogen-bond acceptors (Lipinski definition) is 3. The van der Waals surface area contributed by atoms with Crippen molar-refractivity contribution in [2.45, 2.75) is 32.8 Å². The Hall–Kier alpha value is -1.06. The molecule has 2 heterocycles. The van der Waals surface area contributed by atoms with Crippen LogP contribution in [0.1, 0.15) is 27.2 Å². The van der Waals surface area contributed by atoms with E-state index in [4.69, 9.17) is 4.74 Å². The molecule has 3 aliphatic rings. The second kappa shape index (κ2) is 3.22. The van der Waals surface area contributed by atoms with Gasteiger partial charge in [-0.05, 0) is 27.2 Å². The summed E-state index contributed by atoms with van der Waals surface area (Å²) in [6, 6.07) is 0. The first-order valence-electron chi connectivity index (χ1n) is 5.38. The molecule has 1 saturated carbocycles. The van der Waals surface area contributed by atoms with Gasteiger partial charge in [-0.2, -0.15) is 0 Å². The minimum absolute atomic E-state index is 0.0799. The molecule has 0 unspecified atom stereocenters. The van der Waals surface area contributed by atoms with Crippen molar-refractivity contribution in [2.75, 3.05) is 13.1 Å². The summed E-state index contributed by atoms with van der Waals surface area (Å²) in [5.41, 5.74) is -0.456. The SMILES string of the molecule is CC(C)(C)OC(=O)N1C[C@@H]2C[C@@H](C1)C2=O. The average molecular weight is 211 g/mol. The van der Waals surface area contributed by atoms with Gasteiger partial charge in [0.1, 0.15) is 11.4 Å². The minimum atomic E-state index is -0.456. The van der Waals surface area contributed by atoms with E-state index in [9.17, 15) is 9.59 Å². The molecule has 0 aromatic heterocycles. The molecule has 4 nitrogen and oxygen atoms in total. The van der Waals surface area contributed by atoms with E-state index in [1.807, 2.05) is 20.8 Å². The maximum absolute atomic E-state index is 11.7. The molecule has 1 aliphatic carbocycles. The van der Waals surface area contributed by atoms with Crippen LogP contribution >= 0.6 is 0 Å². The number of Topliss-reactive ketones (excluding diaryl/α,β-unsaturated/α-hetero) is 1. The molecule has 2 atom stereocenters. The summed E-state index contributed by atoms with van der Waals surface area (Å²) in [6.45, 7) is 6.64. The summed E-state index contributed by atoms with van der Waals surface area (Å²) >= 11 is 0. The fraction of sp³-hybridized carbons (Fsp3) is 0.818. The molecule has 0 N–H and O–H groups in total. The quantitative estimate of drug-likeness (QED) is 0.609. The van der Waals surface area contributed by atoms with Gasteiger partial charge in [0.05, 0.1) is 0 Å². The Morgan fingerprint density at radius 1 is 1.33 bits per heavy atom. The fourth-order valence-corrected chi connectivity index (χ4v) is 2.16. The molecule has 1 amide bonds. The van der Waals surface area contributed by atoms with Gasteiger partial charge in [0.15, 0.2) is 0 Å². The van der Waals surface area contributed by atoms with Gasteiger partial charge in [-0.3, -0.25) is 4.79 Å². The Bertz CT molecular complexity index is 291. The highest BCUT2D eigenvalue weighted by atomic mass is 16.6. The largest absolute Gasteiger partial charge is 0.444 e. The first-order chi connectivity index (χ1) is 6.87. The van der Waals surface area contributed by atoms with Gasteiger partial charge in [-0.15, -0.1) is 0 Å². The van der Waals surface area contributed by atoms with Crippen LogP contribution in [0.25, 0.3) is 0 Å². The Labute approximate surface area is 89.6 Å². The Morgan fingerprint density at radius 3 is 2.27 bits per heavy atom. The van der Waals surface area contributed by atoms with E-state index in [1.54, 1.807) is 4.90 Å². The lowest BCUT2D eigenvalue weighted by molar-refractivity contribution is -0.142. The third kappa shape index (κ3) is 1.98. The van der Waals surface area contributed by atoms with E-state index < -0.39 is 5.60 Å². The van der Waals surface area contributed by atoms with Crippen LogP contribution in [0.2, 0.25) is 0 Å². The highest BCUT2D eigenvalue weighted by Crippen LogP contribution is 2.36. The summed E-state index contributed by atoms with van der Waals surface area (Å²) in [5.74, 6) is 0.488. The second-order valence-electron chi connectivity index (χ2n) is 5.42. The van der Waals surface area contributed by atoms with E-state index in [2.05, 4.69) is 0 Å². The maximum atomic E-state index is 11.7. The fourth-order valence-electron chi connectivity index (χ4n) is 2.16. The Kier molecular flexibility index (Phi) is 2.24. The van der Waals surface area contributed by atoms with Gasteiger partial charge in [-0.1, -0.05) is 0 Å².